The van der Waals surface area contributed by atoms with E-state index in [4.69, 9.17) is 4.42 Å². The van der Waals surface area contributed by atoms with Gasteiger partial charge >= 0.3 is 5.63 Å². The van der Waals surface area contributed by atoms with E-state index in [1.165, 1.54) is 6.07 Å². The molecule has 0 aliphatic carbocycles. The highest BCUT2D eigenvalue weighted by atomic mass is 16.4. The third kappa shape index (κ3) is 2.39. The van der Waals surface area contributed by atoms with E-state index >= 15 is 0 Å². The number of carbonyl (C=O) groups excluding carboxylic acids is 1. The molecule has 1 fully saturated rings. The Morgan fingerprint density at radius 1 is 1.35 bits per heavy atom. The summed E-state index contributed by atoms with van der Waals surface area (Å²) >= 11 is 0. The summed E-state index contributed by atoms with van der Waals surface area (Å²) < 4.78 is 5.18. The normalized spacial score (nSPS) is 14.2. The van der Waals surface area contributed by atoms with Gasteiger partial charge in [0.2, 0.25) is 5.91 Å². The van der Waals surface area contributed by atoms with Crippen LogP contribution in [0.5, 0.6) is 0 Å². The molecule has 1 saturated heterocycles. The second-order valence-corrected chi connectivity index (χ2v) is 5.05. The van der Waals surface area contributed by atoms with Gasteiger partial charge in [-0.15, -0.1) is 0 Å². The maximum Gasteiger partial charge on any atom is 0.336 e. The summed E-state index contributed by atoms with van der Waals surface area (Å²) in [5.74, 6) is 0.0991. The van der Waals surface area contributed by atoms with Crippen molar-refractivity contribution in [2.75, 3.05) is 25.0 Å². The number of rotatable bonds is 3. The van der Waals surface area contributed by atoms with Crippen LogP contribution in [0.3, 0.4) is 0 Å². The van der Waals surface area contributed by atoms with Crippen LogP contribution in [0.1, 0.15) is 12.0 Å². The maximum absolute atomic E-state index is 11.8. The van der Waals surface area contributed by atoms with Crippen LogP contribution < -0.4 is 10.9 Å². The van der Waals surface area contributed by atoms with Crippen molar-refractivity contribution in [3.05, 3.63) is 40.2 Å². The quantitative estimate of drug-likeness (QED) is 0.865. The molecule has 0 saturated carbocycles. The highest BCUT2D eigenvalue weighted by molar-refractivity contribution is 5.85. The molecule has 0 atom stereocenters. The first-order chi connectivity index (χ1) is 9.63. The summed E-state index contributed by atoms with van der Waals surface area (Å²) in [7, 11) is 0. The fraction of sp³-hybridized carbons (Fsp3) is 0.333. The summed E-state index contributed by atoms with van der Waals surface area (Å²) in [4.78, 5) is 24.9. The van der Waals surface area contributed by atoms with Crippen LogP contribution >= 0.6 is 0 Å². The lowest BCUT2D eigenvalue weighted by molar-refractivity contribution is -0.132. The second-order valence-electron chi connectivity index (χ2n) is 5.05. The maximum atomic E-state index is 11.8. The third-order valence-electron chi connectivity index (χ3n) is 3.60. The average Bonchev–Trinajstić information content (AvgIpc) is 2.33. The van der Waals surface area contributed by atoms with Crippen LogP contribution in [0.2, 0.25) is 0 Å². The molecule has 1 aliphatic rings. The van der Waals surface area contributed by atoms with Crippen molar-refractivity contribution in [3.8, 4) is 0 Å². The smallest absolute Gasteiger partial charge is 0.336 e. The minimum absolute atomic E-state index is 0.0991. The monoisotopic (exact) mass is 272 g/mol. The Morgan fingerprint density at radius 2 is 2.15 bits per heavy atom. The van der Waals surface area contributed by atoms with Gasteiger partial charge in [0.15, 0.2) is 0 Å². The molecule has 104 valence electrons. The van der Waals surface area contributed by atoms with Crippen LogP contribution in [-0.2, 0) is 4.79 Å². The molecule has 2 heterocycles. The number of nitrogens with zero attached hydrogens (tertiary/aromatic N) is 1. The SMILES string of the molecule is Cc1cc(=O)oc2cc(NCC(=O)N3CCC3)ccc12. The lowest BCUT2D eigenvalue weighted by atomic mass is 10.1. The number of likely N-dealkylation sites (tertiary alicyclic amines) is 1. The van der Waals surface area contributed by atoms with E-state index in [0.29, 0.717) is 5.58 Å². The van der Waals surface area contributed by atoms with E-state index in [1.54, 1.807) is 6.07 Å². The predicted octanol–water partition coefficient (Wildman–Crippen LogP) is 1.75. The van der Waals surface area contributed by atoms with Crippen LogP contribution in [0.4, 0.5) is 5.69 Å². The molecule has 5 nitrogen and oxygen atoms in total. The molecule has 20 heavy (non-hydrogen) atoms. The third-order valence-corrected chi connectivity index (χ3v) is 3.60. The first-order valence-electron chi connectivity index (χ1n) is 6.70. The molecule has 3 rings (SSSR count). The first kappa shape index (κ1) is 12.7. The van der Waals surface area contributed by atoms with Crippen molar-refractivity contribution in [1.82, 2.24) is 4.90 Å². The molecule has 1 amide bonds. The van der Waals surface area contributed by atoms with E-state index in [2.05, 4.69) is 5.32 Å². The number of hydrogen-bond acceptors (Lipinski definition) is 4. The van der Waals surface area contributed by atoms with E-state index in [0.717, 1.165) is 36.1 Å². The molecule has 1 aromatic heterocycles. The van der Waals surface area contributed by atoms with Crippen molar-refractivity contribution >= 4 is 22.6 Å². The van der Waals surface area contributed by atoms with Crippen LogP contribution in [0.25, 0.3) is 11.0 Å². The predicted molar refractivity (Wildman–Crippen MR) is 76.9 cm³/mol. The molecule has 1 aliphatic heterocycles. The molecule has 1 aromatic carbocycles. The summed E-state index contributed by atoms with van der Waals surface area (Å²) in [6.45, 7) is 3.85. The van der Waals surface area contributed by atoms with Gasteiger partial charge in [0.05, 0.1) is 6.54 Å². The Bertz CT molecular complexity index is 717. The second kappa shape index (κ2) is 5.00. The fourth-order valence-corrected chi connectivity index (χ4v) is 2.29. The van der Waals surface area contributed by atoms with E-state index < -0.39 is 0 Å². The molecule has 5 heteroatoms. The summed E-state index contributed by atoms with van der Waals surface area (Å²) in [5.41, 5.74) is 1.85. The highest BCUT2D eigenvalue weighted by Crippen LogP contribution is 2.20. The van der Waals surface area contributed by atoms with E-state index in [9.17, 15) is 9.59 Å². The Hall–Kier alpha value is -2.30. The standard InChI is InChI=1S/C15H16N2O3/c1-10-7-15(19)20-13-8-11(3-4-12(10)13)16-9-14(18)17-5-2-6-17/h3-4,7-8,16H,2,5-6,9H2,1H3. The molecule has 1 N–H and O–H groups in total. The van der Waals surface area contributed by atoms with Gasteiger partial charge in [0.25, 0.3) is 0 Å². The minimum Gasteiger partial charge on any atom is -0.423 e. The van der Waals surface area contributed by atoms with Gasteiger partial charge in [-0.25, -0.2) is 4.79 Å². The highest BCUT2D eigenvalue weighted by Gasteiger charge is 2.19. The Morgan fingerprint density at radius 3 is 2.85 bits per heavy atom. The van der Waals surface area contributed by atoms with Gasteiger partial charge in [-0.3, -0.25) is 4.79 Å². The summed E-state index contributed by atoms with van der Waals surface area (Å²) in [5, 5.41) is 3.98. The van der Waals surface area contributed by atoms with Gasteiger partial charge in [0.1, 0.15) is 5.58 Å². The molecule has 0 radical (unpaired) electrons. The van der Waals surface area contributed by atoms with Gasteiger partial charge in [0, 0.05) is 36.3 Å². The van der Waals surface area contributed by atoms with Gasteiger partial charge < -0.3 is 14.6 Å². The van der Waals surface area contributed by atoms with Gasteiger partial charge in [-0.1, -0.05) is 0 Å². The zero-order valence-corrected chi connectivity index (χ0v) is 11.3. The number of fused-ring (bicyclic) bond motifs is 1. The van der Waals surface area contributed by atoms with Crippen molar-refractivity contribution < 1.29 is 9.21 Å². The van der Waals surface area contributed by atoms with Crippen LogP contribution in [0.15, 0.2) is 33.5 Å². The van der Waals surface area contributed by atoms with Gasteiger partial charge in [-0.05, 0) is 31.0 Å². The molecule has 0 unspecified atom stereocenters. The molecule has 0 bridgehead atoms. The number of aryl methyl sites for hydroxylation is 1. The van der Waals surface area contributed by atoms with Crippen molar-refractivity contribution in [1.29, 1.82) is 0 Å². The van der Waals surface area contributed by atoms with Crippen molar-refractivity contribution in [2.45, 2.75) is 13.3 Å². The number of hydrogen-bond donors (Lipinski definition) is 1. The van der Waals surface area contributed by atoms with E-state index in [1.807, 2.05) is 24.0 Å². The fourth-order valence-electron chi connectivity index (χ4n) is 2.29. The van der Waals surface area contributed by atoms with Crippen LogP contribution in [0, 0.1) is 6.92 Å². The zero-order chi connectivity index (χ0) is 14.1. The Balaban J connectivity index is 1.78. The largest absolute Gasteiger partial charge is 0.423 e. The number of nitrogens with one attached hydrogen (secondary N) is 1. The van der Waals surface area contributed by atoms with Crippen molar-refractivity contribution in [2.24, 2.45) is 0 Å². The molecule has 2 aromatic rings. The summed E-state index contributed by atoms with van der Waals surface area (Å²) in [6.07, 6.45) is 1.09. The van der Waals surface area contributed by atoms with Crippen molar-refractivity contribution in [3.63, 3.8) is 0 Å². The number of carbonyl (C=O) groups is 1. The van der Waals surface area contributed by atoms with Gasteiger partial charge in [-0.2, -0.15) is 0 Å². The number of amides is 1. The molecule has 0 spiro atoms. The Kier molecular flexibility index (Phi) is 3.18. The topological polar surface area (TPSA) is 62.6 Å². The van der Waals surface area contributed by atoms with Crippen LogP contribution in [-0.4, -0.2) is 30.4 Å². The van der Waals surface area contributed by atoms with E-state index in [-0.39, 0.29) is 18.1 Å². The summed E-state index contributed by atoms with van der Waals surface area (Å²) in [6, 6.07) is 7.01. The minimum atomic E-state index is -0.358. The zero-order valence-electron chi connectivity index (χ0n) is 11.3. The number of benzene rings is 1. The average molecular weight is 272 g/mol. The Labute approximate surface area is 116 Å². The lowest BCUT2D eigenvalue weighted by Gasteiger charge is -2.31. The number of anilines is 1. The molecular weight excluding hydrogens is 256 g/mol. The first-order valence-corrected chi connectivity index (χ1v) is 6.70. The lowest BCUT2D eigenvalue weighted by Crippen LogP contribution is -2.44. The molecular formula is C15H16N2O3.